The number of thioether (sulfide) groups is 1. The summed E-state index contributed by atoms with van der Waals surface area (Å²) >= 11 is 7.45. The summed E-state index contributed by atoms with van der Waals surface area (Å²) in [5.74, 6) is 0.711. The number of ketones is 1. The minimum absolute atomic E-state index is 0.214. The number of hydrogen-bond acceptors (Lipinski definition) is 2. The first-order valence-electron chi connectivity index (χ1n) is 5.68. The van der Waals surface area contributed by atoms with Crippen LogP contribution in [0.4, 0.5) is 0 Å². The van der Waals surface area contributed by atoms with E-state index in [1.54, 1.807) is 11.8 Å². The largest absolute Gasteiger partial charge is 0.298 e. The van der Waals surface area contributed by atoms with Gasteiger partial charge in [0.05, 0.1) is 5.75 Å². The standard InChI is InChI=1S/C15H13ClOS/c16-13-6-4-5-12(9-13)10-14(17)11-18-15-7-2-1-3-8-15/h1-9H,10-11H2. The van der Waals surface area contributed by atoms with Crippen molar-refractivity contribution in [1.82, 2.24) is 0 Å². The second kappa shape index (κ2) is 6.62. The van der Waals surface area contributed by atoms with Crippen molar-refractivity contribution >= 4 is 29.1 Å². The predicted octanol–water partition coefficient (Wildman–Crippen LogP) is 4.24. The van der Waals surface area contributed by atoms with Crippen molar-refractivity contribution in [2.24, 2.45) is 0 Å². The molecule has 0 bridgehead atoms. The number of carbonyl (C=O) groups excluding carboxylic acids is 1. The molecule has 2 aromatic carbocycles. The lowest BCUT2D eigenvalue weighted by Crippen LogP contribution is -2.05. The predicted molar refractivity (Wildman–Crippen MR) is 77.3 cm³/mol. The number of rotatable bonds is 5. The summed E-state index contributed by atoms with van der Waals surface area (Å²) in [5, 5.41) is 0.677. The van der Waals surface area contributed by atoms with E-state index in [2.05, 4.69) is 0 Å². The monoisotopic (exact) mass is 276 g/mol. The Morgan fingerprint density at radius 2 is 1.83 bits per heavy atom. The van der Waals surface area contributed by atoms with Gasteiger partial charge in [-0.25, -0.2) is 0 Å². The second-order valence-electron chi connectivity index (χ2n) is 3.95. The van der Waals surface area contributed by atoms with Crippen LogP contribution in [0.1, 0.15) is 5.56 Å². The molecule has 0 fully saturated rings. The average molecular weight is 277 g/mol. The summed E-state index contributed by atoms with van der Waals surface area (Å²) < 4.78 is 0. The van der Waals surface area contributed by atoms with E-state index in [1.165, 1.54) is 0 Å². The van der Waals surface area contributed by atoms with Crippen LogP contribution >= 0.6 is 23.4 Å². The summed E-state index contributed by atoms with van der Waals surface area (Å²) in [4.78, 5) is 13.0. The molecule has 0 aliphatic rings. The highest BCUT2D eigenvalue weighted by molar-refractivity contribution is 8.00. The zero-order valence-corrected chi connectivity index (χ0v) is 11.4. The van der Waals surface area contributed by atoms with Gasteiger partial charge in [0.2, 0.25) is 0 Å². The second-order valence-corrected chi connectivity index (χ2v) is 5.43. The van der Waals surface area contributed by atoms with Gasteiger partial charge in [0, 0.05) is 16.3 Å². The van der Waals surface area contributed by atoms with Crippen LogP contribution in [0.25, 0.3) is 0 Å². The van der Waals surface area contributed by atoms with Gasteiger partial charge in [0.1, 0.15) is 5.78 Å². The highest BCUT2D eigenvalue weighted by Crippen LogP contribution is 2.18. The highest BCUT2D eigenvalue weighted by Gasteiger charge is 2.05. The van der Waals surface area contributed by atoms with Gasteiger partial charge in [-0.3, -0.25) is 4.79 Å². The zero-order chi connectivity index (χ0) is 12.8. The maximum absolute atomic E-state index is 11.8. The summed E-state index contributed by atoms with van der Waals surface area (Å²) in [7, 11) is 0. The lowest BCUT2D eigenvalue weighted by Gasteiger charge is -2.02. The molecule has 0 aliphatic carbocycles. The molecule has 0 atom stereocenters. The van der Waals surface area contributed by atoms with Gasteiger partial charge in [-0.05, 0) is 29.8 Å². The lowest BCUT2D eigenvalue weighted by molar-refractivity contribution is -0.116. The fraction of sp³-hybridized carbons (Fsp3) is 0.133. The molecule has 92 valence electrons. The number of carbonyl (C=O) groups is 1. The van der Waals surface area contributed by atoms with Gasteiger partial charge in [0.15, 0.2) is 0 Å². The van der Waals surface area contributed by atoms with Gasteiger partial charge in [-0.15, -0.1) is 11.8 Å². The van der Waals surface area contributed by atoms with Crippen LogP contribution in [0, 0.1) is 0 Å². The number of benzene rings is 2. The maximum atomic E-state index is 11.8. The zero-order valence-electron chi connectivity index (χ0n) is 9.80. The molecular weight excluding hydrogens is 264 g/mol. The third-order valence-corrected chi connectivity index (χ3v) is 3.74. The van der Waals surface area contributed by atoms with Crippen LogP contribution in [0.15, 0.2) is 59.5 Å². The van der Waals surface area contributed by atoms with Crippen molar-refractivity contribution in [2.45, 2.75) is 11.3 Å². The molecule has 1 nitrogen and oxygen atoms in total. The van der Waals surface area contributed by atoms with E-state index in [-0.39, 0.29) is 5.78 Å². The molecule has 0 aliphatic heterocycles. The molecular formula is C15H13ClOS. The van der Waals surface area contributed by atoms with Gasteiger partial charge in [0.25, 0.3) is 0 Å². The molecule has 0 amide bonds. The SMILES string of the molecule is O=C(CSc1ccccc1)Cc1cccc(Cl)c1. The lowest BCUT2D eigenvalue weighted by atomic mass is 10.1. The molecule has 0 N–H and O–H groups in total. The molecule has 0 radical (unpaired) electrons. The third kappa shape index (κ3) is 4.21. The van der Waals surface area contributed by atoms with Gasteiger partial charge in [-0.2, -0.15) is 0 Å². The van der Waals surface area contributed by atoms with Crippen molar-refractivity contribution in [1.29, 1.82) is 0 Å². The van der Waals surface area contributed by atoms with Crippen LogP contribution in [0.5, 0.6) is 0 Å². The Balaban J connectivity index is 1.86. The van der Waals surface area contributed by atoms with E-state index in [4.69, 9.17) is 11.6 Å². The molecule has 0 aromatic heterocycles. The fourth-order valence-corrected chi connectivity index (χ4v) is 2.60. The van der Waals surface area contributed by atoms with E-state index in [1.807, 2.05) is 54.6 Å². The first-order chi connectivity index (χ1) is 8.74. The molecule has 18 heavy (non-hydrogen) atoms. The Hall–Kier alpha value is -1.25. The first-order valence-corrected chi connectivity index (χ1v) is 7.04. The Morgan fingerprint density at radius 3 is 2.56 bits per heavy atom. The molecule has 2 rings (SSSR count). The molecule has 0 saturated heterocycles. The Kier molecular flexibility index (Phi) is 4.85. The number of Topliss-reactive ketones (excluding diaryl/α,β-unsaturated/α-hetero) is 1. The molecule has 0 heterocycles. The Morgan fingerprint density at radius 1 is 1.06 bits per heavy atom. The maximum Gasteiger partial charge on any atom is 0.147 e. The van der Waals surface area contributed by atoms with E-state index in [0.29, 0.717) is 17.2 Å². The van der Waals surface area contributed by atoms with Crippen molar-refractivity contribution in [2.75, 3.05) is 5.75 Å². The van der Waals surface area contributed by atoms with Gasteiger partial charge in [-0.1, -0.05) is 41.9 Å². The smallest absolute Gasteiger partial charge is 0.147 e. The average Bonchev–Trinajstić information content (AvgIpc) is 2.38. The molecule has 0 unspecified atom stereocenters. The van der Waals surface area contributed by atoms with Crippen molar-refractivity contribution in [3.8, 4) is 0 Å². The van der Waals surface area contributed by atoms with Crippen molar-refractivity contribution < 1.29 is 4.79 Å². The van der Waals surface area contributed by atoms with Crippen LogP contribution in [0.3, 0.4) is 0 Å². The normalized spacial score (nSPS) is 10.3. The van der Waals surface area contributed by atoms with Crippen molar-refractivity contribution in [3.63, 3.8) is 0 Å². The van der Waals surface area contributed by atoms with E-state index in [9.17, 15) is 4.79 Å². The van der Waals surface area contributed by atoms with E-state index < -0.39 is 0 Å². The van der Waals surface area contributed by atoms with Crippen LogP contribution in [-0.2, 0) is 11.2 Å². The quantitative estimate of drug-likeness (QED) is 0.760. The molecule has 2 aromatic rings. The summed E-state index contributed by atoms with van der Waals surface area (Å²) in [6.45, 7) is 0. The summed E-state index contributed by atoms with van der Waals surface area (Å²) in [6.07, 6.45) is 0.445. The Labute approximate surface area is 116 Å². The molecule has 0 saturated carbocycles. The van der Waals surface area contributed by atoms with Gasteiger partial charge < -0.3 is 0 Å². The Bertz CT molecular complexity index is 525. The van der Waals surface area contributed by atoms with Crippen molar-refractivity contribution in [3.05, 3.63) is 65.2 Å². The van der Waals surface area contributed by atoms with Gasteiger partial charge >= 0.3 is 0 Å². The number of hydrogen-bond donors (Lipinski definition) is 0. The minimum atomic E-state index is 0.214. The van der Waals surface area contributed by atoms with Crippen LogP contribution in [-0.4, -0.2) is 11.5 Å². The molecule has 0 spiro atoms. The highest BCUT2D eigenvalue weighted by atomic mass is 35.5. The van der Waals surface area contributed by atoms with E-state index >= 15 is 0 Å². The molecule has 3 heteroatoms. The van der Waals surface area contributed by atoms with E-state index in [0.717, 1.165) is 10.5 Å². The fourth-order valence-electron chi connectivity index (χ4n) is 1.61. The van der Waals surface area contributed by atoms with Crippen LogP contribution in [0.2, 0.25) is 5.02 Å². The number of halogens is 1. The summed E-state index contributed by atoms with van der Waals surface area (Å²) in [5.41, 5.74) is 0.973. The minimum Gasteiger partial charge on any atom is -0.298 e. The van der Waals surface area contributed by atoms with Crippen LogP contribution < -0.4 is 0 Å². The topological polar surface area (TPSA) is 17.1 Å². The first kappa shape index (κ1) is 13.2. The third-order valence-electron chi connectivity index (χ3n) is 2.43. The summed E-state index contributed by atoms with van der Waals surface area (Å²) in [6, 6.07) is 17.4.